The zero-order valence-corrected chi connectivity index (χ0v) is 10.3. The fourth-order valence-corrected chi connectivity index (χ4v) is 1.60. The van der Waals surface area contributed by atoms with Gasteiger partial charge in [-0.3, -0.25) is 0 Å². The second-order valence-corrected chi connectivity index (χ2v) is 4.24. The quantitative estimate of drug-likeness (QED) is 0.338. The van der Waals surface area contributed by atoms with Crippen LogP contribution in [0.4, 0.5) is 22.0 Å². The maximum atomic E-state index is 13.1. The Morgan fingerprint density at radius 2 is 1.95 bits per heavy atom. The Hall–Kier alpha value is -1.18. The molecule has 0 amide bonds. The molecule has 1 aliphatic heterocycles. The number of rotatable bonds is 5. The molecule has 3 nitrogen and oxygen atoms in total. The van der Waals surface area contributed by atoms with E-state index in [1.54, 1.807) is 6.92 Å². The van der Waals surface area contributed by atoms with Crippen molar-refractivity contribution < 1.29 is 36.2 Å². The molecule has 0 bridgehead atoms. The lowest BCUT2D eigenvalue weighted by Crippen LogP contribution is -2.49. The van der Waals surface area contributed by atoms with Crippen molar-refractivity contribution in [1.82, 2.24) is 0 Å². The smallest absolute Gasteiger partial charge is 0.456 e. The Morgan fingerprint density at radius 3 is 2.42 bits per heavy atom. The number of allylic oxidation sites excluding steroid dienone is 1. The summed E-state index contributed by atoms with van der Waals surface area (Å²) in [5.41, 5.74) is -2.59. The minimum atomic E-state index is -5.67. The number of hydrogen-bond donors (Lipinski definition) is 0. The van der Waals surface area contributed by atoms with Crippen LogP contribution in [0, 0.1) is 0 Å². The molecule has 110 valence electrons. The van der Waals surface area contributed by atoms with E-state index in [-0.39, 0.29) is 13.0 Å². The Kier molecular flexibility index (Phi) is 4.23. The number of epoxide rings is 1. The van der Waals surface area contributed by atoms with Gasteiger partial charge in [0.2, 0.25) is 0 Å². The number of esters is 1. The average molecular weight is 288 g/mol. The van der Waals surface area contributed by atoms with Gasteiger partial charge in [-0.1, -0.05) is 6.08 Å². The van der Waals surface area contributed by atoms with E-state index >= 15 is 0 Å². The van der Waals surface area contributed by atoms with Gasteiger partial charge in [0.15, 0.2) is 5.60 Å². The van der Waals surface area contributed by atoms with Crippen LogP contribution < -0.4 is 0 Å². The predicted octanol–water partition coefficient (Wildman–Crippen LogP) is 2.85. The van der Waals surface area contributed by atoms with Crippen LogP contribution in [0.2, 0.25) is 0 Å². The molecule has 1 rings (SSSR count). The van der Waals surface area contributed by atoms with Gasteiger partial charge in [-0.25, -0.2) is 4.79 Å². The van der Waals surface area contributed by atoms with E-state index in [0.29, 0.717) is 6.92 Å². The van der Waals surface area contributed by atoms with Crippen molar-refractivity contribution in [3.05, 3.63) is 12.2 Å². The maximum absolute atomic E-state index is 13.1. The molecular formula is C11H13F5O3. The molecule has 2 unspecified atom stereocenters. The summed E-state index contributed by atoms with van der Waals surface area (Å²) in [6.07, 6.45) is -4.65. The van der Waals surface area contributed by atoms with Crippen LogP contribution in [-0.2, 0) is 14.3 Å². The molecule has 0 N–H and O–H groups in total. The van der Waals surface area contributed by atoms with E-state index in [1.165, 1.54) is 6.08 Å². The lowest BCUT2D eigenvalue weighted by atomic mass is 9.97. The summed E-state index contributed by atoms with van der Waals surface area (Å²) >= 11 is 0. The van der Waals surface area contributed by atoms with Gasteiger partial charge in [0.1, 0.15) is 0 Å². The van der Waals surface area contributed by atoms with Crippen molar-refractivity contribution >= 4 is 5.97 Å². The largest absolute Gasteiger partial charge is 0.462 e. The fourth-order valence-electron chi connectivity index (χ4n) is 1.60. The van der Waals surface area contributed by atoms with E-state index in [9.17, 15) is 26.7 Å². The van der Waals surface area contributed by atoms with Crippen LogP contribution in [0.5, 0.6) is 0 Å². The van der Waals surface area contributed by atoms with Crippen LogP contribution in [0.15, 0.2) is 12.2 Å². The lowest BCUT2D eigenvalue weighted by molar-refractivity contribution is -0.303. The molecule has 0 spiro atoms. The molecule has 0 aromatic carbocycles. The molecule has 8 heteroatoms. The van der Waals surface area contributed by atoms with Crippen molar-refractivity contribution in [2.75, 3.05) is 6.61 Å². The second-order valence-electron chi connectivity index (χ2n) is 4.24. The number of hydrogen-bond acceptors (Lipinski definition) is 3. The Bertz CT molecular complexity index is 377. The molecule has 1 saturated heterocycles. The summed E-state index contributed by atoms with van der Waals surface area (Å²) in [6, 6.07) is 0. The molecule has 0 aromatic heterocycles. The molecule has 1 fully saturated rings. The van der Waals surface area contributed by atoms with Crippen LogP contribution in [0.25, 0.3) is 0 Å². The van der Waals surface area contributed by atoms with Crippen LogP contribution in [0.3, 0.4) is 0 Å². The standard InChI is InChI=1S/C11H13F5O3/c1-3-4-8(17)18-6-5-7-9(2,19-7)10(12,13)11(14,15)16/h3-4,7H,5-6H2,1-2H3. The molecule has 19 heavy (non-hydrogen) atoms. The Balaban J connectivity index is 2.48. The summed E-state index contributed by atoms with van der Waals surface area (Å²) < 4.78 is 71.7. The minimum absolute atomic E-state index is 0.217. The minimum Gasteiger partial charge on any atom is -0.462 e. The van der Waals surface area contributed by atoms with Crippen LogP contribution in [-0.4, -0.2) is 36.4 Å². The highest BCUT2D eigenvalue weighted by Crippen LogP contribution is 2.56. The van der Waals surface area contributed by atoms with Gasteiger partial charge in [0.25, 0.3) is 0 Å². The van der Waals surface area contributed by atoms with Crippen LogP contribution >= 0.6 is 0 Å². The third kappa shape index (κ3) is 3.05. The lowest BCUT2D eigenvalue weighted by Gasteiger charge is -2.23. The summed E-state index contributed by atoms with van der Waals surface area (Å²) in [4.78, 5) is 10.9. The van der Waals surface area contributed by atoms with E-state index in [1.807, 2.05) is 0 Å². The van der Waals surface area contributed by atoms with E-state index in [4.69, 9.17) is 0 Å². The van der Waals surface area contributed by atoms with Crippen molar-refractivity contribution in [2.45, 2.75) is 44.1 Å². The molecular weight excluding hydrogens is 275 g/mol. The van der Waals surface area contributed by atoms with Crippen molar-refractivity contribution in [3.8, 4) is 0 Å². The van der Waals surface area contributed by atoms with Gasteiger partial charge in [-0.2, -0.15) is 22.0 Å². The highest BCUT2D eigenvalue weighted by Gasteiger charge is 2.78. The van der Waals surface area contributed by atoms with E-state index in [0.717, 1.165) is 6.08 Å². The number of carbonyl (C=O) groups is 1. The SMILES string of the molecule is CC=CC(=O)OCCC1OC1(C)C(F)(F)C(F)(F)F. The van der Waals surface area contributed by atoms with Gasteiger partial charge >= 0.3 is 18.1 Å². The first-order chi connectivity index (χ1) is 8.56. The van der Waals surface area contributed by atoms with Crippen molar-refractivity contribution in [3.63, 3.8) is 0 Å². The zero-order chi connectivity index (χ0) is 14.9. The molecule has 1 heterocycles. The summed E-state index contributed by atoms with van der Waals surface area (Å²) in [5.74, 6) is -5.62. The van der Waals surface area contributed by atoms with Gasteiger partial charge in [-0.15, -0.1) is 0 Å². The van der Waals surface area contributed by atoms with E-state index in [2.05, 4.69) is 9.47 Å². The molecule has 1 aliphatic rings. The molecule has 2 atom stereocenters. The van der Waals surface area contributed by atoms with Crippen molar-refractivity contribution in [2.24, 2.45) is 0 Å². The number of ether oxygens (including phenoxy) is 2. The number of carbonyl (C=O) groups excluding carboxylic acids is 1. The first kappa shape index (κ1) is 15.9. The van der Waals surface area contributed by atoms with Gasteiger partial charge in [0.05, 0.1) is 12.7 Å². The topological polar surface area (TPSA) is 38.8 Å². The second kappa shape index (κ2) is 5.07. The molecule has 0 aromatic rings. The van der Waals surface area contributed by atoms with Gasteiger partial charge in [0, 0.05) is 12.5 Å². The predicted molar refractivity (Wildman–Crippen MR) is 54.7 cm³/mol. The first-order valence-electron chi connectivity index (χ1n) is 5.48. The maximum Gasteiger partial charge on any atom is 0.456 e. The molecule has 0 radical (unpaired) electrons. The molecule has 0 saturated carbocycles. The number of halogens is 5. The average Bonchev–Trinajstić information content (AvgIpc) is 2.90. The highest BCUT2D eigenvalue weighted by atomic mass is 19.4. The number of alkyl halides is 5. The first-order valence-corrected chi connectivity index (χ1v) is 5.48. The third-order valence-corrected chi connectivity index (χ3v) is 2.85. The summed E-state index contributed by atoms with van der Waals surface area (Å²) in [7, 11) is 0. The Morgan fingerprint density at radius 1 is 1.37 bits per heavy atom. The molecule has 0 aliphatic carbocycles. The summed E-state index contributed by atoms with van der Waals surface area (Å²) in [5, 5.41) is 0. The highest BCUT2D eigenvalue weighted by molar-refractivity contribution is 5.81. The van der Waals surface area contributed by atoms with Crippen molar-refractivity contribution in [1.29, 1.82) is 0 Å². The van der Waals surface area contributed by atoms with E-state index < -0.39 is 29.8 Å². The third-order valence-electron chi connectivity index (χ3n) is 2.85. The fraction of sp³-hybridized carbons (Fsp3) is 0.727. The van der Waals surface area contributed by atoms with Gasteiger partial charge in [-0.05, 0) is 13.8 Å². The van der Waals surface area contributed by atoms with Crippen LogP contribution in [0.1, 0.15) is 20.3 Å². The van der Waals surface area contributed by atoms with Gasteiger partial charge < -0.3 is 9.47 Å². The monoisotopic (exact) mass is 288 g/mol. The zero-order valence-electron chi connectivity index (χ0n) is 10.3. The Labute approximate surface area is 106 Å². The normalized spacial score (nSPS) is 27.6. The summed E-state index contributed by atoms with van der Waals surface area (Å²) in [6.45, 7) is 1.99.